The first-order chi connectivity index (χ1) is 14.8. The lowest BCUT2D eigenvalue weighted by molar-refractivity contribution is 0.243. The Kier molecular flexibility index (Phi) is 4.90. The summed E-state index contributed by atoms with van der Waals surface area (Å²) in [7, 11) is 1.67. The number of fused-ring (bicyclic) bond motifs is 1. The summed E-state index contributed by atoms with van der Waals surface area (Å²) in [4.78, 5) is 19.8. The maximum Gasteiger partial charge on any atom is 0.162 e. The highest BCUT2D eigenvalue weighted by Gasteiger charge is 2.20. The summed E-state index contributed by atoms with van der Waals surface area (Å²) in [6.07, 6.45) is 9.71. The van der Waals surface area contributed by atoms with Gasteiger partial charge in [0.05, 0.1) is 30.3 Å². The van der Waals surface area contributed by atoms with Crippen LogP contribution in [0, 0.1) is 0 Å². The van der Waals surface area contributed by atoms with Crippen LogP contribution in [0.3, 0.4) is 0 Å². The first-order valence-electron chi connectivity index (χ1n) is 9.79. The lowest BCUT2D eigenvalue weighted by Crippen LogP contribution is -2.31. The second-order valence-corrected chi connectivity index (χ2v) is 7.25. The van der Waals surface area contributed by atoms with Gasteiger partial charge in [-0.05, 0) is 24.3 Å². The molecule has 4 heterocycles. The predicted octanol–water partition coefficient (Wildman–Crippen LogP) is 2.89. The van der Waals surface area contributed by atoms with Crippen molar-refractivity contribution in [3.63, 3.8) is 0 Å². The molecule has 8 nitrogen and oxygen atoms in total. The summed E-state index contributed by atoms with van der Waals surface area (Å²) >= 11 is 0. The van der Waals surface area contributed by atoms with Gasteiger partial charge < -0.3 is 4.74 Å². The third kappa shape index (κ3) is 3.65. The molecule has 3 aromatic heterocycles. The molecule has 30 heavy (non-hydrogen) atoms. The molecule has 0 saturated heterocycles. The highest BCUT2D eigenvalue weighted by Crippen LogP contribution is 2.27. The van der Waals surface area contributed by atoms with Crippen LogP contribution in [0.25, 0.3) is 22.6 Å². The Hall–Kier alpha value is -3.65. The van der Waals surface area contributed by atoms with Gasteiger partial charge in [0.1, 0.15) is 12.1 Å². The minimum Gasteiger partial charge on any atom is -0.497 e. The van der Waals surface area contributed by atoms with Gasteiger partial charge in [0.25, 0.3) is 0 Å². The molecule has 0 spiro atoms. The fourth-order valence-electron chi connectivity index (χ4n) is 3.74. The van der Waals surface area contributed by atoms with Crippen LogP contribution in [0.2, 0.25) is 0 Å². The molecule has 1 aliphatic heterocycles. The monoisotopic (exact) mass is 399 g/mol. The molecule has 0 saturated carbocycles. The van der Waals surface area contributed by atoms with Gasteiger partial charge in [-0.25, -0.2) is 19.9 Å². The summed E-state index contributed by atoms with van der Waals surface area (Å²) in [5.41, 5.74) is 6.41. The molecule has 8 heteroatoms. The topological polar surface area (TPSA) is 92.7 Å². The maximum absolute atomic E-state index is 5.26. The van der Waals surface area contributed by atoms with Crippen molar-refractivity contribution < 1.29 is 4.74 Å². The van der Waals surface area contributed by atoms with Crippen LogP contribution in [-0.4, -0.2) is 48.7 Å². The standard InChI is InChI=1S/C22H21N7O/c1-30-19-4-2-15(3-5-19)21-18(11-26-28-21)13-29-7-6-20-17(12-29)10-25-22(27-20)16-8-23-14-24-9-16/h2-5,8-11,14H,6-7,12-13H2,1H3,(H,26,28). The number of hydrogen-bond acceptors (Lipinski definition) is 7. The van der Waals surface area contributed by atoms with E-state index >= 15 is 0 Å². The smallest absolute Gasteiger partial charge is 0.162 e. The van der Waals surface area contributed by atoms with Crippen molar-refractivity contribution in [1.82, 2.24) is 35.0 Å². The number of benzene rings is 1. The minimum absolute atomic E-state index is 0.680. The van der Waals surface area contributed by atoms with Crippen molar-refractivity contribution in [3.05, 3.63) is 72.2 Å². The Balaban J connectivity index is 1.32. The Morgan fingerprint density at radius 2 is 1.87 bits per heavy atom. The van der Waals surface area contributed by atoms with Crippen molar-refractivity contribution in [2.75, 3.05) is 13.7 Å². The van der Waals surface area contributed by atoms with Gasteiger partial charge in [0.15, 0.2) is 5.82 Å². The van der Waals surface area contributed by atoms with Crippen molar-refractivity contribution in [2.45, 2.75) is 19.5 Å². The fourth-order valence-corrected chi connectivity index (χ4v) is 3.74. The second-order valence-electron chi connectivity index (χ2n) is 7.25. The van der Waals surface area contributed by atoms with E-state index < -0.39 is 0 Å². The van der Waals surface area contributed by atoms with Gasteiger partial charge >= 0.3 is 0 Å². The average Bonchev–Trinajstić information content (AvgIpc) is 3.27. The van der Waals surface area contributed by atoms with E-state index in [0.29, 0.717) is 5.82 Å². The lowest BCUT2D eigenvalue weighted by Gasteiger charge is -2.28. The molecule has 150 valence electrons. The number of aromatic amines is 1. The van der Waals surface area contributed by atoms with Gasteiger partial charge in [0, 0.05) is 61.3 Å². The molecule has 0 bridgehead atoms. The Morgan fingerprint density at radius 1 is 1.03 bits per heavy atom. The molecule has 5 rings (SSSR count). The van der Waals surface area contributed by atoms with Gasteiger partial charge in [-0.2, -0.15) is 5.10 Å². The first kappa shape index (κ1) is 18.4. The molecule has 1 aromatic carbocycles. The zero-order valence-electron chi connectivity index (χ0n) is 16.6. The quantitative estimate of drug-likeness (QED) is 0.551. The van der Waals surface area contributed by atoms with Gasteiger partial charge in [-0.15, -0.1) is 0 Å². The zero-order valence-corrected chi connectivity index (χ0v) is 16.6. The van der Waals surface area contributed by atoms with Crippen molar-refractivity contribution in [3.8, 4) is 28.4 Å². The average molecular weight is 399 g/mol. The van der Waals surface area contributed by atoms with E-state index in [1.165, 1.54) is 11.9 Å². The molecule has 0 aliphatic carbocycles. The van der Waals surface area contributed by atoms with Crippen molar-refractivity contribution in [1.29, 1.82) is 0 Å². The number of nitrogens with zero attached hydrogens (tertiary/aromatic N) is 6. The summed E-state index contributed by atoms with van der Waals surface area (Å²) in [5.74, 6) is 1.52. The van der Waals surface area contributed by atoms with Crippen LogP contribution < -0.4 is 4.74 Å². The van der Waals surface area contributed by atoms with E-state index in [2.05, 4.69) is 30.0 Å². The molecule has 0 amide bonds. The van der Waals surface area contributed by atoms with Crippen LogP contribution in [0.15, 0.2) is 55.4 Å². The highest BCUT2D eigenvalue weighted by molar-refractivity contribution is 5.63. The van der Waals surface area contributed by atoms with Gasteiger partial charge in [0.2, 0.25) is 0 Å². The second kappa shape index (κ2) is 8.00. The van der Waals surface area contributed by atoms with Crippen molar-refractivity contribution in [2.24, 2.45) is 0 Å². The summed E-state index contributed by atoms with van der Waals surface area (Å²) in [5, 5.41) is 7.42. The van der Waals surface area contributed by atoms with E-state index in [1.807, 2.05) is 36.7 Å². The van der Waals surface area contributed by atoms with Gasteiger partial charge in [-0.3, -0.25) is 10.00 Å². The Labute approximate surface area is 174 Å². The number of hydrogen-bond donors (Lipinski definition) is 1. The molecular weight excluding hydrogens is 378 g/mol. The number of aromatic nitrogens is 6. The highest BCUT2D eigenvalue weighted by atomic mass is 16.5. The normalized spacial score (nSPS) is 13.8. The summed E-state index contributed by atoms with van der Waals surface area (Å²) in [6, 6.07) is 8.02. The van der Waals surface area contributed by atoms with Crippen LogP contribution in [0.1, 0.15) is 16.8 Å². The van der Waals surface area contributed by atoms with E-state index in [0.717, 1.165) is 59.9 Å². The summed E-state index contributed by atoms with van der Waals surface area (Å²) < 4.78 is 5.26. The van der Waals surface area contributed by atoms with Crippen molar-refractivity contribution >= 4 is 0 Å². The number of H-pyrrole nitrogens is 1. The third-order valence-corrected chi connectivity index (χ3v) is 5.32. The Morgan fingerprint density at radius 3 is 2.67 bits per heavy atom. The zero-order chi connectivity index (χ0) is 20.3. The largest absolute Gasteiger partial charge is 0.497 e. The minimum atomic E-state index is 0.680. The number of methoxy groups -OCH3 is 1. The van der Waals surface area contributed by atoms with E-state index in [1.54, 1.807) is 19.5 Å². The number of nitrogens with one attached hydrogen (secondary N) is 1. The van der Waals surface area contributed by atoms with Gasteiger partial charge in [-0.1, -0.05) is 0 Å². The van der Waals surface area contributed by atoms with Crippen LogP contribution >= 0.6 is 0 Å². The first-order valence-corrected chi connectivity index (χ1v) is 9.79. The van der Waals surface area contributed by atoms with Crippen LogP contribution in [0.4, 0.5) is 0 Å². The maximum atomic E-state index is 5.26. The van der Waals surface area contributed by atoms with Crippen LogP contribution in [-0.2, 0) is 19.5 Å². The molecule has 0 atom stereocenters. The van der Waals surface area contributed by atoms with E-state index in [4.69, 9.17) is 9.72 Å². The molecule has 0 fully saturated rings. The summed E-state index contributed by atoms with van der Waals surface area (Å²) in [6.45, 7) is 2.56. The lowest BCUT2D eigenvalue weighted by atomic mass is 10.0. The fraction of sp³-hybridized carbons (Fsp3) is 0.227. The van der Waals surface area contributed by atoms with E-state index in [9.17, 15) is 0 Å². The molecule has 0 radical (unpaired) electrons. The molecule has 4 aromatic rings. The number of ether oxygens (including phenoxy) is 1. The molecule has 0 unspecified atom stereocenters. The molecular formula is C22H21N7O. The number of rotatable bonds is 5. The molecule has 1 aliphatic rings. The predicted molar refractivity (Wildman–Crippen MR) is 111 cm³/mol. The third-order valence-electron chi connectivity index (χ3n) is 5.32. The Bertz CT molecular complexity index is 1140. The van der Waals surface area contributed by atoms with E-state index in [-0.39, 0.29) is 0 Å². The molecule has 1 N–H and O–H groups in total. The SMILES string of the molecule is COc1ccc(-c2[nH]ncc2CN2CCc3nc(-c4cncnc4)ncc3C2)cc1. The van der Waals surface area contributed by atoms with Crippen LogP contribution in [0.5, 0.6) is 5.75 Å².